The van der Waals surface area contributed by atoms with E-state index < -0.39 is 15.9 Å². The average Bonchev–Trinajstić information content (AvgIpc) is 2.99. The second-order valence-electron chi connectivity index (χ2n) is 7.00. The molecule has 0 unspecified atom stereocenters. The summed E-state index contributed by atoms with van der Waals surface area (Å²) in [5.74, 6) is -0.0335. The monoisotopic (exact) mass is 390 g/mol. The van der Waals surface area contributed by atoms with Gasteiger partial charge >= 0.3 is 6.03 Å². The minimum atomic E-state index is -3.20. The van der Waals surface area contributed by atoms with Crippen molar-refractivity contribution in [3.8, 4) is 0 Å². The zero-order chi connectivity index (χ0) is 18.6. The molecular formula is C19H19ClN2O3S. The molecule has 0 bridgehead atoms. The summed E-state index contributed by atoms with van der Waals surface area (Å²) in [7, 11) is -3.20. The Kier molecular flexibility index (Phi) is 4.00. The summed E-state index contributed by atoms with van der Waals surface area (Å²) in [6.07, 6.45) is 0. The van der Waals surface area contributed by atoms with Gasteiger partial charge in [0.15, 0.2) is 9.84 Å². The Balaban J connectivity index is 1.82. The molecule has 26 heavy (non-hydrogen) atoms. The van der Waals surface area contributed by atoms with Crippen LogP contribution in [0, 0.1) is 13.8 Å². The maximum Gasteiger partial charge on any atom is 0.329 e. The fourth-order valence-electron chi connectivity index (χ4n) is 3.96. The van der Waals surface area contributed by atoms with Crippen LogP contribution in [0.15, 0.2) is 42.5 Å². The lowest BCUT2D eigenvalue weighted by Gasteiger charge is -2.24. The summed E-state index contributed by atoms with van der Waals surface area (Å²) in [6, 6.07) is 11.8. The van der Waals surface area contributed by atoms with Crippen molar-refractivity contribution in [1.82, 2.24) is 0 Å². The van der Waals surface area contributed by atoms with Crippen LogP contribution in [0.2, 0.25) is 5.02 Å². The summed E-state index contributed by atoms with van der Waals surface area (Å²) in [6.45, 7) is 3.93. The molecule has 2 amide bonds. The fourth-order valence-corrected chi connectivity index (χ4v) is 6.01. The Morgan fingerprint density at radius 3 is 2.19 bits per heavy atom. The van der Waals surface area contributed by atoms with Crippen LogP contribution in [-0.4, -0.2) is 38.0 Å². The van der Waals surface area contributed by atoms with E-state index >= 15 is 0 Å². The number of anilines is 2. The molecular weight excluding hydrogens is 372 g/mol. The number of aryl methyl sites for hydroxylation is 2. The van der Waals surface area contributed by atoms with Gasteiger partial charge in [0.25, 0.3) is 0 Å². The molecule has 0 aromatic heterocycles. The second-order valence-corrected chi connectivity index (χ2v) is 9.59. The van der Waals surface area contributed by atoms with Gasteiger partial charge in [0, 0.05) is 16.4 Å². The molecule has 2 fully saturated rings. The summed E-state index contributed by atoms with van der Waals surface area (Å²) >= 11 is 5.96. The number of benzene rings is 2. The number of carbonyl (C=O) groups is 1. The number of fused-ring (bicyclic) bond motifs is 1. The molecule has 2 atom stereocenters. The maximum atomic E-state index is 13.3. The van der Waals surface area contributed by atoms with Crippen LogP contribution < -0.4 is 9.80 Å². The summed E-state index contributed by atoms with van der Waals surface area (Å²) in [4.78, 5) is 16.5. The summed E-state index contributed by atoms with van der Waals surface area (Å²) < 4.78 is 24.6. The van der Waals surface area contributed by atoms with Gasteiger partial charge in [0.1, 0.15) is 0 Å². The van der Waals surface area contributed by atoms with Crippen molar-refractivity contribution in [1.29, 1.82) is 0 Å². The Morgan fingerprint density at radius 2 is 1.58 bits per heavy atom. The van der Waals surface area contributed by atoms with E-state index in [0.29, 0.717) is 10.7 Å². The third kappa shape index (κ3) is 2.77. The molecule has 0 spiro atoms. The molecule has 5 nitrogen and oxygen atoms in total. The zero-order valence-corrected chi connectivity index (χ0v) is 16.1. The van der Waals surface area contributed by atoms with E-state index in [1.165, 1.54) is 0 Å². The van der Waals surface area contributed by atoms with Crippen molar-refractivity contribution < 1.29 is 13.2 Å². The van der Waals surface area contributed by atoms with Crippen LogP contribution in [-0.2, 0) is 9.84 Å². The van der Waals surface area contributed by atoms with E-state index in [-0.39, 0.29) is 23.6 Å². The second kappa shape index (κ2) is 5.99. The number of amides is 2. The molecule has 2 aromatic rings. The lowest BCUT2D eigenvalue weighted by Crippen LogP contribution is -2.38. The van der Waals surface area contributed by atoms with Crippen LogP contribution in [0.3, 0.4) is 0 Å². The lowest BCUT2D eigenvalue weighted by atomic mass is 10.1. The molecule has 0 N–H and O–H groups in total. The molecule has 2 aromatic carbocycles. The number of hydrogen-bond donors (Lipinski definition) is 0. The van der Waals surface area contributed by atoms with Gasteiger partial charge in [-0.3, -0.25) is 9.80 Å². The average molecular weight is 391 g/mol. The van der Waals surface area contributed by atoms with Crippen LogP contribution in [0.25, 0.3) is 0 Å². The van der Waals surface area contributed by atoms with E-state index in [4.69, 9.17) is 11.6 Å². The van der Waals surface area contributed by atoms with Crippen LogP contribution >= 0.6 is 11.6 Å². The highest BCUT2D eigenvalue weighted by Gasteiger charge is 2.54. The molecule has 2 aliphatic heterocycles. The quantitative estimate of drug-likeness (QED) is 0.736. The number of sulfone groups is 1. The minimum Gasteiger partial charge on any atom is -0.288 e. The van der Waals surface area contributed by atoms with Crippen LogP contribution in [0.1, 0.15) is 11.1 Å². The fraction of sp³-hybridized carbons (Fsp3) is 0.316. The van der Waals surface area contributed by atoms with E-state index in [2.05, 4.69) is 0 Å². The molecule has 2 aliphatic rings. The van der Waals surface area contributed by atoms with Gasteiger partial charge in [-0.05, 0) is 49.7 Å². The Labute approximate surface area is 158 Å². The molecule has 136 valence electrons. The maximum absolute atomic E-state index is 13.3. The molecule has 0 radical (unpaired) electrons. The Morgan fingerprint density at radius 1 is 0.962 bits per heavy atom. The molecule has 4 rings (SSSR count). The number of carbonyl (C=O) groups excluding carboxylic acids is 1. The molecule has 0 saturated carbocycles. The van der Waals surface area contributed by atoms with Gasteiger partial charge in [0.05, 0.1) is 23.6 Å². The topological polar surface area (TPSA) is 57.7 Å². The number of nitrogens with zero attached hydrogens (tertiary/aromatic N) is 2. The van der Waals surface area contributed by atoms with Crippen molar-refractivity contribution in [3.63, 3.8) is 0 Å². The van der Waals surface area contributed by atoms with Crippen molar-refractivity contribution >= 4 is 38.8 Å². The first kappa shape index (κ1) is 17.4. The van der Waals surface area contributed by atoms with Gasteiger partial charge in [-0.15, -0.1) is 0 Å². The molecule has 0 aliphatic carbocycles. The van der Waals surface area contributed by atoms with Crippen molar-refractivity contribution in [3.05, 3.63) is 58.6 Å². The largest absolute Gasteiger partial charge is 0.329 e. The smallest absolute Gasteiger partial charge is 0.288 e. The molecule has 2 saturated heterocycles. The van der Waals surface area contributed by atoms with Crippen molar-refractivity contribution in [2.24, 2.45) is 0 Å². The number of urea groups is 1. The highest BCUT2D eigenvalue weighted by Crippen LogP contribution is 2.39. The minimum absolute atomic E-state index is 0.0131. The van der Waals surface area contributed by atoms with Crippen LogP contribution in [0.5, 0.6) is 0 Å². The molecule has 2 heterocycles. The standard InChI is InChI=1S/C19H19ClN2O3S/c1-12-3-8-16(13(2)9-12)22-18-11-26(24,25)10-17(18)21(19(22)23)15-6-4-14(20)5-7-15/h3-9,17-18H,10-11H2,1-2H3/t17-,18-/m1/s1. The van der Waals surface area contributed by atoms with Gasteiger partial charge in [-0.1, -0.05) is 29.3 Å². The first-order valence-corrected chi connectivity index (χ1v) is 10.6. The zero-order valence-electron chi connectivity index (χ0n) is 14.5. The van der Waals surface area contributed by atoms with Crippen molar-refractivity contribution in [2.45, 2.75) is 25.9 Å². The highest BCUT2D eigenvalue weighted by molar-refractivity contribution is 7.91. The van der Waals surface area contributed by atoms with Gasteiger partial charge in [0.2, 0.25) is 0 Å². The SMILES string of the molecule is Cc1ccc(N2C(=O)N(c3ccc(Cl)cc3)[C@@H]3CS(=O)(=O)C[C@H]32)c(C)c1. The van der Waals surface area contributed by atoms with Crippen molar-refractivity contribution in [2.75, 3.05) is 21.3 Å². The lowest BCUT2D eigenvalue weighted by molar-refractivity contribution is 0.255. The predicted molar refractivity (Wildman–Crippen MR) is 104 cm³/mol. The third-order valence-corrected chi connectivity index (χ3v) is 7.04. The highest BCUT2D eigenvalue weighted by atomic mass is 35.5. The first-order chi connectivity index (χ1) is 12.3. The summed E-state index contributed by atoms with van der Waals surface area (Å²) in [5.41, 5.74) is 3.49. The number of rotatable bonds is 2. The van der Waals surface area contributed by atoms with E-state index in [1.54, 1.807) is 34.1 Å². The summed E-state index contributed by atoms with van der Waals surface area (Å²) in [5, 5.41) is 0.572. The normalized spacial score (nSPS) is 24.2. The number of halogens is 1. The Bertz CT molecular complexity index is 988. The van der Waals surface area contributed by atoms with E-state index in [1.807, 2.05) is 32.0 Å². The van der Waals surface area contributed by atoms with Crippen LogP contribution in [0.4, 0.5) is 16.2 Å². The van der Waals surface area contributed by atoms with Gasteiger partial charge < -0.3 is 0 Å². The van der Waals surface area contributed by atoms with E-state index in [0.717, 1.165) is 16.8 Å². The molecule has 7 heteroatoms. The van der Waals surface area contributed by atoms with E-state index in [9.17, 15) is 13.2 Å². The first-order valence-electron chi connectivity index (χ1n) is 8.42. The predicted octanol–water partition coefficient (Wildman–Crippen LogP) is 3.57. The number of hydrogen-bond acceptors (Lipinski definition) is 3. The van der Waals surface area contributed by atoms with Gasteiger partial charge in [-0.25, -0.2) is 13.2 Å². The van der Waals surface area contributed by atoms with Gasteiger partial charge in [-0.2, -0.15) is 0 Å². The third-order valence-electron chi connectivity index (χ3n) is 5.09. The Hall–Kier alpha value is -2.05.